The van der Waals surface area contributed by atoms with Crippen LogP contribution in [0, 0.1) is 6.92 Å². The third kappa shape index (κ3) is 3.95. The van der Waals surface area contributed by atoms with Gasteiger partial charge in [0.25, 0.3) is 5.91 Å². The zero-order valence-electron chi connectivity index (χ0n) is 14.1. The number of pyridine rings is 1. The van der Waals surface area contributed by atoms with Crippen LogP contribution in [0.3, 0.4) is 0 Å². The maximum Gasteiger partial charge on any atom is 0.256 e. The quantitative estimate of drug-likeness (QED) is 0.750. The Hall–Kier alpha value is -2.92. The van der Waals surface area contributed by atoms with Crippen molar-refractivity contribution < 1.29 is 14.3 Å². The van der Waals surface area contributed by atoms with Crippen LogP contribution in [0.2, 0.25) is 0 Å². The van der Waals surface area contributed by atoms with Gasteiger partial charge in [-0.15, -0.1) is 0 Å². The van der Waals surface area contributed by atoms with Crippen molar-refractivity contribution in [2.24, 2.45) is 0 Å². The molecule has 0 unspecified atom stereocenters. The van der Waals surface area contributed by atoms with E-state index >= 15 is 0 Å². The Kier molecular flexibility index (Phi) is 5.26. The number of nitrogens with zero attached hydrogens (tertiary/aromatic N) is 2. The van der Waals surface area contributed by atoms with Gasteiger partial charge in [-0.3, -0.25) is 4.79 Å². The Labute approximate surface area is 146 Å². The molecule has 5 nitrogen and oxygen atoms in total. The minimum absolute atomic E-state index is 0.0878. The number of carbonyl (C=O) groups excluding carboxylic acids is 1. The fraction of sp³-hybridized carbons (Fsp3) is 0.200. The molecule has 1 N–H and O–H groups in total. The van der Waals surface area contributed by atoms with Gasteiger partial charge in [-0.05, 0) is 36.8 Å². The van der Waals surface area contributed by atoms with E-state index < -0.39 is 0 Å². The molecule has 0 aliphatic rings. The molecule has 0 saturated carbocycles. The van der Waals surface area contributed by atoms with Crippen molar-refractivity contribution in [3.05, 3.63) is 77.7 Å². The fourth-order valence-electron chi connectivity index (χ4n) is 2.70. The number of hydrogen-bond acceptors (Lipinski definition) is 4. The zero-order chi connectivity index (χ0) is 17.6. The van der Waals surface area contributed by atoms with Crippen LogP contribution in [-0.2, 0) is 6.54 Å². The predicted molar refractivity (Wildman–Crippen MR) is 94.9 cm³/mol. The van der Waals surface area contributed by atoms with Crippen LogP contribution in [-0.4, -0.2) is 34.0 Å². The molecule has 2 aromatic heterocycles. The Bertz CT molecular complexity index is 829. The Balaban J connectivity index is 1.84. The molecule has 3 aromatic rings. The number of aromatic nitrogens is 1. The minimum atomic E-state index is -0.145. The topological polar surface area (TPSA) is 66.6 Å². The number of carbonyl (C=O) groups is 1. The lowest BCUT2D eigenvalue weighted by Gasteiger charge is -2.22. The summed E-state index contributed by atoms with van der Waals surface area (Å²) in [5, 5.41) is 9.33. The van der Waals surface area contributed by atoms with Crippen LogP contribution in [0.4, 0.5) is 0 Å². The second kappa shape index (κ2) is 7.77. The van der Waals surface area contributed by atoms with Crippen LogP contribution >= 0.6 is 0 Å². The minimum Gasteiger partial charge on any atom is -0.463 e. The van der Waals surface area contributed by atoms with Gasteiger partial charge in [0.15, 0.2) is 5.76 Å². The molecular formula is C20H20N2O3. The molecule has 25 heavy (non-hydrogen) atoms. The molecule has 0 bridgehead atoms. The van der Waals surface area contributed by atoms with E-state index in [0.29, 0.717) is 29.3 Å². The van der Waals surface area contributed by atoms with Crippen LogP contribution < -0.4 is 0 Å². The van der Waals surface area contributed by atoms with Gasteiger partial charge in [-0.1, -0.05) is 30.3 Å². The van der Waals surface area contributed by atoms with Crippen molar-refractivity contribution in [2.75, 3.05) is 13.2 Å². The van der Waals surface area contributed by atoms with Crippen LogP contribution in [0.1, 0.15) is 21.6 Å². The highest BCUT2D eigenvalue weighted by molar-refractivity contribution is 5.95. The maximum atomic E-state index is 12.9. The molecule has 3 rings (SSSR count). The first-order chi connectivity index (χ1) is 12.2. The van der Waals surface area contributed by atoms with Gasteiger partial charge in [0.05, 0.1) is 24.1 Å². The number of furan rings is 1. The first-order valence-corrected chi connectivity index (χ1v) is 8.14. The average Bonchev–Trinajstić information content (AvgIpc) is 3.16. The van der Waals surface area contributed by atoms with E-state index in [1.165, 1.54) is 0 Å². The number of aliphatic hydroxyl groups excluding tert-OH is 1. The van der Waals surface area contributed by atoms with Crippen molar-refractivity contribution in [3.63, 3.8) is 0 Å². The van der Waals surface area contributed by atoms with Crippen LogP contribution in [0.25, 0.3) is 11.5 Å². The highest BCUT2D eigenvalue weighted by atomic mass is 16.3. The van der Waals surface area contributed by atoms with Gasteiger partial charge < -0.3 is 14.4 Å². The SMILES string of the molecule is Cc1nc(-c2ccco2)ccc1C(=O)N(CCO)Cc1ccccc1. The molecule has 0 radical (unpaired) electrons. The Morgan fingerprint density at radius 2 is 1.92 bits per heavy atom. The summed E-state index contributed by atoms with van der Waals surface area (Å²) in [7, 11) is 0. The van der Waals surface area contributed by atoms with Crippen molar-refractivity contribution in [2.45, 2.75) is 13.5 Å². The maximum absolute atomic E-state index is 12.9. The van der Waals surface area contributed by atoms with Gasteiger partial charge >= 0.3 is 0 Å². The normalized spacial score (nSPS) is 10.6. The highest BCUT2D eigenvalue weighted by Crippen LogP contribution is 2.20. The molecule has 128 valence electrons. The predicted octanol–water partition coefficient (Wildman–Crippen LogP) is 3.28. The number of amides is 1. The standard InChI is InChI=1S/C20H20N2O3/c1-15-17(9-10-18(21-15)19-8-5-13-25-19)20(24)22(11-12-23)14-16-6-3-2-4-7-16/h2-10,13,23H,11-12,14H2,1H3. The monoisotopic (exact) mass is 336 g/mol. The van der Waals surface area contributed by atoms with Crippen molar-refractivity contribution in [1.82, 2.24) is 9.88 Å². The number of hydrogen-bond donors (Lipinski definition) is 1. The third-order valence-electron chi connectivity index (χ3n) is 3.96. The van der Waals surface area contributed by atoms with Gasteiger partial charge in [-0.2, -0.15) is 0 Å². The molecule has 0 spiro atoms. The lowest BCUT2D eigenvalue weighted by Crippen LogP contribution is -2.33. The first-order valence-electron chi connectivity index (χ1n) is 8.14. The summed E-state index contributed by atoms with van der Waals surface area (Å²) >= 11 is 0. The molecular weight excluding hydrogens is 316 g/mol. The van der Waals surface area contributed by atoms with E-state index in [4.69, 9.17) is 4.42 Å². The van der Waals surface area contributed by atoms with Gasteiger partial charge in [0, 0.05) is 13.1 Å². The van der Waals surface area contributed by atoms with Crippen molar-refractivity contribution >= 4 is 5.91 Å². The Morgan fingerprint density at radius 3 is 2.56 bits per heavy atom. The summed E-state index contributed by atoms with van der Waals surface area (Å²) in [5.74, 6) is 0.521. The van der Waals surface area contributed by atoms with Gasteiger partial charge in [-0.25, -0.2) is 4.98 Å². The van der Waals surface area contributed by atoms with Crippen LogP contribution in [0.15, 0.2) is 65.3 Å². The molecule has 0 aliphatic heterocycles. The largest absolute Gasteiger partial charge is 0.463 e. The molecule has 5 heteroatoms. The summed E-state index contributed by atoms with van der Waals surface area (Å²) in [5.41, 5.74) is 2.87. The van der Waals surface area contributed by atoms with Crippen molar-refractivity contribution in [1.29, 1.82) is 0 Å². The molecule has 2 heterocycles. The first kappa shape index (κ1) is 16.9. The summed E-state index contributed by atoms with van der Waals surface area (Å²) in [6.07, 6.45) is 1.59. The average molecular weight is 336 g/mol. The highest BCUT2D eigenvalue weighted by Gasteiger charge is 2.19. The molecule has 1 aromatic carbocycles. The van der Waals surface area contributed by atoms with E-state index in [2.05, 4.69) is 4.98 Å². The van der Waals surface area contributed by atoms with E-state index in [9.17, 15) is 9.90 Å². The molecule has 0 aliphatic carbocycles. The van der Waals surface area contributed by atoms with E-state index in [1.807, 2.05) is 36.4 Å². The molecule has 0 fully saturated rings. The Morgan fingerprint density at radius 1 is 1.12 bits per heavy atom. The summed E-state index contributed by atoms with van der Waals surface area (Å²) in [4.78, 5) is 19.0. The smallest absolute Gasteiger partial charge is 0.256 e. The van der Waals surface area contributed by atoms with E-state index in [1.54, 1.807) is 36.3 Å². The fourth-order valence-corrected chi connectivity index (χ4v) is 2.70. The second-order valence-electron chi connectivity index (χ2n) is 5.74. The summed E-state index contributed by atoms with van der Waals surface area (Å²) in [6.45, 7) is 2.43. The summed E-state index contributed by atoms with van der Waals surface area (Å²) in [6, 6.07) is 16.9. The lowest BCUT2D eigenvalue weighted by molar-refractivity contribution is 0.0706. The van der Waals surface area contributed by atoms with E-state index in [-0.39, 0.29) is 19.1 Å². The zero-order valence-corrected chi connectivity index (χ0v) is 14.1. The van der Waals surface area contributed by atoms with Crippen LogP contribution in [0.5, 0.6) is 0 Å². The van der Waals surface area contributed by atoms with Crippen molar-refractivity contribution in [3.8, 4) is 11.5 Å². The van der Waals surface area contributed by atoms with Gasteiger partial charge in [0.2, 0.25) is 0 Å². The lowest BCUT2D eigenvalue weighted by atomic mass is 10.1. The third-order valence-corrected chi connectivity index (χ3v) is 3.96. The number of rotatable bonds is 6. The molecule has 1 amide bonds. The number of benzene rings is 1. The number of aryl methyl sites for hydroxylation is 1. The summed E-state index contributed by atoms with van der Waals surface area (Å²) < 4.78 is 5.35. The van der Waals surface area contributed by atoms with Gasteiger partial charge in [0.1, 0.15) is 5.69 Å². The molecule has 0 atom stereocenters. The van der Waals surface area contributed by atoms with E-state index in [0.717, 1.165) is 5.56 Å². The molecule has 0 saturated heterocycles. The second-order valence-corrected chi connectivity index (χ2v) is 5.74. The number of aliphatic hydroxyl groups is 1.